The molecule has 0 unspecified atom stereocenters. The van der Waals surface area contributed by atoms with E-state index in [-0.39, 0.29) is 22.0 Å². The first-order valence-electron chi connectivity index (χ1n) is 9.97. The van der Waals surface area contributed by atoms with Crippen molar-refractivity contribution in [3.05, 3.63) is 62.4 Å². The Morgan fingerprint density at radius 3 is 2.61 bits per heavy atom. The first kappa shape index (κ1) is 23.1. The number of nitro benzene ring substituents is 1. The quantitative estimate of drug-likeness (QED) is 0.405. The van der Waals surface area contributed by atoms with Crippen LogP contribution < -0.4 is 4.72 Å². The fraction of sp³-hybridized carbons (Fsp3) is 0.300. The number of nitro groups is 1. The fourth-order valence-electron chi connectivity index (χ4n) is 3.67. The molecule has 0 saturated carbocycles. The molecule has 174 valence electrons. The Morgan fingerprint density at radius 1 is 1.12 bits per heavy atom. The van der Waals surface area contributed by atoms with Crippen molar-refractivity contribution in [3.63, 3.8) is 0 Å². The van der Waals surface area contributed by atoms with E-state index in [9.17, 15) is 27.3 Å². The number of sulfonamides is 1. The van der Waals surface area contributed by atoms with Crippen LogP contribution in [0.25, 0.3) is 11.4 Å². The Kier molecular flexibility index (Phi) is 6.06. The summed E-state index contributed by atoms with van der Waals surface area (Å²) in [5.74, 6) is -1.25. The maximum Gasteiger partial charge on any atom is 0.275 e. The van der Waals surface area contributed by atoms with Gasteiger partial charge in [0.05, 0.1) is 26.1 Å². The van der Waals surface area contributed by atoms with Gasteiger partial charge < -0.3 is 4.57 Å². The summed E-state index contributed by atoms with van der Waals surface area (Å²) in [6.45, 7) is 1.93. The summed E-state index contributed by atoms with van der Waals surface area (Å²) < 4.78 is 58.7. The Labute approximate surface area is 192 Å². The molecule has 1 aliphatic heterocycles. The van der Waals surface area contributed by atoms with Gasteiger partial charge in [0.2, 0.25) is 0 Å². The molecule has 0 spiro atoms. The van der Waals surface area contributed by atoms with E-state index in [1.54, 1.807) is 4.57 Å². The minimum atomic E-state index is -4.50. The maximum absolute atomic E-state index is 14.7. The molecule has 0 fully saturated rings. The molecule has 0 aliphatic carbocycles. The molecule has 0 radical (unpaired) electrons. The number of fused-ring (bicyclic) bond motifs is 1. The SMILES string of the molecule is Cc1c(Cl)cc(S(=O)(=O)Nc2cc(-c3nnc4n3CCCCC4)c(F)cc2F)cc1[N+](=O)[O-]. The monoisotopic (exact) mass is 497 g/mol. The second-order valence-corrected chi connectivity index (χ2v) is 9.72. The standard InChI is InChI=1S/C20H18ClF2N5O4S/c1-11-14(21)7-12(8-18(11)28(29)30)33(31,32)26-17-9-13(15(22)10-16(17)23)20-25-24-19-5-3-2-4-6-27(19)20/h7-10,26H,2-6H2,1H3. The number of hydrogen-bond donors (Lipinski definition) is 1. The average molecular weight is 498 g/mol. The van der Waals surface area contributed by atoms with E-state index < -0.39 is 42.9 Å². The highest BCUT2D eigenvalue weighted by atomic mass is 35.5. The predicted molar refractivity (Wildman–Crippen MR) is 117 cm³/mol. The molecular formula is C20H18ClF2N5O4S. The lowest BCUT2D eigenvalue weighted by molar-refractivity contribution is -0.385. The third-order valence-electron chi connectivity index (χ3n) is 5.45. The topological polar surface area (TPSA) is 120 Å². The van der Waals surface area contributed by atoms with Gasteiger partial charge in [-0.25, -0.2) is 17.2 Å². The van der Waals surface area contributed by atoms with Crippen molar-refractivity contribution in [1.82, 2.24) is 14.8 Å². The zero-order chi connectivity index (χ0) is 23.9. The molecule has 4 rings (SSSR count). The van der Waals surface area contributed by atoms with E-state index in [1.807, 2.05) is 4.72 Å². The van der Waals surface area contributed by atoms with Crippen molar-refractivity contribution in [2.24, 2.45) is 0 Å². The number of anilines is 1. The van der Waals surface area contributed by atoms with Gasteiger partial charge in [-0.3, -0.25) is 14.8 Å². The van der Waals surface area contributed by atoms with Gasteiger partial charge in [0, 0.05) is 30.7 Å². The third kappa shape index (κ3) is 4.40. The van der Waals surface area contributed by atoms with Crippen LogP contribution in [-0.4, -0.2) is 28.1 Å². The number of halogens is 3. The highest BCUT2D eigenvalue weighted by Crippen LogP contribution is 2.33. The highest BCUT2D eigenvalue weighted by molar-refractivity contribution is 7.92. The molecule has 1 N–H and O–H groups in total. The van der Waals surface area contributed by atoms with Crippen LogP contribution in [0, 0.1) is 28.7 Å². The zero-order valence-electron chi connectivity index (χ0n) is 17.3. The molecule has 3 aromatic rings. The lowest BCUT2D eigenvalue weighted by Crippen LogP contribution is -2.15. The summed E-state index contributed by atoms with van der Waals surface area (Å²) in [6, 6.07) is 3.39. The molecule has 2 heterocycles. The molecule has 2 aromatic carbocycles. The molecule has 33 heavy (non-hydrogen) atoms. The van der Waals surface area contributed by atoms with Gasteiger partial charge in [-0.05, 0) is 31.9 Å². The van der Waals surface area contributed by atoms with E-state index in [0.29, 0.717) is 24.9 Å². The van der Waals surface area contributed by atoms with Crippen LogP contribution in [0.4, 0.5) is 20.2 Å². The molecule has 0 amide bonds. The molecular weight excluding hydrogens is 480 g/mol. The first-order chi connectivity index (χ1) is 15.6. The molecule has 0 bridgehead atoms. The Bertz CT molecular complexity index is 1380. The summed E-state index contributed by atoms with van der Waals surface area (Å²) in [6.07, 6.45) is 3.40. The zero-order valence-corrected chi connectivity index (χ0v) is 18.9. The van der Waals surface area contributed by atoms with E-state index in [4.69, 9.17) is 11.6 Å². The smallest absolute Gasteiger partial charge is 0.275 e. The summed E-state index contributed by atoms with van der Waals surface area (Å²) in [4.78, 5) is 9.93. The maximum atomic E-state index is 14.7. The van der Waals surface area contributed by atoms with Crippen molar-refractivity contribution in [3.8, 4) is 11.4 Å². The van der Waals surface area contributed by atoms with Crippen LogP contribution in [0.5, 0.6) is 0 Å². The van der Waals surface area contributed by atoms with Crippen molar-refractivity contribution < 1.29 is 22.1 Å². The molecule has 0 saturated heterocycles. The van der Waals surface area contributed by atoms with Crippen LogP contribution in [0.2, 0.25) is 5.02 Å². The van der Waals surface area contributed by atoms with Gasteiger partial charge in [0.25, 0.3) is 15.7 Å². The van der Waals surface area contributed by atoms with E-state index in [0.717, 1.165) is 37.5 Å². The second-order valence-electron chi connectivity index (χ2n) is 7.63. The normalized spacial score (nSPS) is 13.9. The molecule has 0 atom stereocenters. The predicted octanol–water partition coefficient (Wildman–Crippen LogP) is 4.62. The Balaban J connectivity index is 1.76. The van der Waals surface area contributed by atoms with Crippen molar-refractivity contribution >= 4 is 33.0 Å². The van der Waals surface area contributed by atoms with Crippen LogP contribution in [0.15, 0.2) is 29.2 Å². The third-order valence-corrected chi connectivity index (χ3v) is 7.19. The van der Waals surface area contributed by atoms with Crippen molar-refractivity contribution in [2.45, 2.75) is 44.0 Å². The minimum Gasteiger partial charge on any atom is -0.311 e. The highest BCUT2D eigenvalue weighted by Gasteiger charge is 2.26. The van der Waals surface area contributed by atoms with E-state index >= 15 is 0 Å². The van der Waals surface area contributed by atoms with Crippen LogP contribution in [0.1, 0.15) is 30.7 Å². The lowest BCUT2D eigenvalue weighted by Gasteiger charge is -2.13. The average Bonchev–Trinajstić information content (AvgIpc) is 2.98. The van der Waals surface area contributed by atoms with Crippen LogP contribution in [0.3, 0.4) is 0 Å². The van der Waals surface area contributed by atoms with Gasteiger partial charge in [-0.2, -0.15) is 0 Å². The van der Waals surface area contributed by atoms with E-state index in [2.05, 4.69) is 10.2 Å². The van der Waals surface area contributed by atoms with Gasteiger partial charge in [0.15, 0.2) is 5.82 Å². The van der Waals surface area contributed by atoms with Crippen molar-refractivity contribution in [2.75, 3.05) is 4.72 Å². The Morgan fingerprint density at radius 2 is 1.88 bits per heavy atom. The number of nitrogens with zero attached hydrogens (tertiary/aromatic N) is 4. The summed E-state index contributed by atoms with van der Waals surface area (Å²) in [7, 11) is -4.50. The number of rotatable bonds is 5. The number of aromatic nitrogens is 3. The van der Waals surface area contributed by atoms with Gasteiger partial charge in [0.1, 0.15) is 17.5 Å². The lowest BCUT2D eigenvalue weighted by atomic mass is 10.1. The van der Waals surface area contributed by atoms with Crippen molar-refractivity contribution in [1.29, 1.82) is 0 Å². The van der Waals surface area contributed by atoms with Gasteiger partial charge in [-0.1, -0.05) is 18.0 Å². The first-order valence-corrected chi connectivity index (χ1v) is 11.8. The van der Waals surface area contributed by atoms with Crippen LogP contribution in [-0.2, 0) is 23.0 Å². The fourth-order valence-corrected chi connectivity index (χ4v) is 5.05. The molecule has 1 aromatic heterocycles. The van der Waals surface area contributed by atoms with Crippen LogP contribution >= 0.6 is 11.6 Å². The largest absolute Gasteiger partial charge is 0.311 e. The Hall–Kier alpha value is -3.12. The minimum absolute atomic E-state index is 0.0864. The molecule has 1 aliphatic rings. The number of nitrogens with one attached hydrogen (secondary N) is 1. The van der Waals surface area contributed by atoms with Gasteiger partial charge >= 0.3 is 0 Å². The number of hydrogen-bond acceptors (Lipinski definition) is 6. The summed E-state index contributed by atoms with van der Waals surface area (Å²) in [5.41, 5.74) is -1.09. The summed E-state index contributed by atoms with van der Waals surface area (Å²) >= 11 is 5.96. The number of benzene rings is 2. The number of aryl methyl sites for hydroxylation is 1. The second kappa shape index (κ2) is 8.67. The molecule has 13 heteroatoms. The summed E-state index contributed by atoms with van der Waals surface area (Å²) in [5, 5.41) is 19.2. The molecule has 9 nitrogen and oxygen atoms in total. The van der Waals surface area contributed by atoms with E-state index in [1.165, 1.54) is 6.92 Å². The van der Waals surface area contributed by atoms with Gasteiger partial charge in [-0.15, -0.1) is 10.2 Å².